The number of rotatable bonds is 5. The topological polar surface area (TPSA) is 73.1 Å². The van der Waals surface area contributed by atoms with Crippen molar-refractivity contribution in [3.8, 4) is 5.88 Å². The minimum atomic E-state index is -0.611. The largest absolute Gasteiger partial charge is 0.476 e. The highest BCUT2D eigenvalue weighted by Gasteiger charge is 2.11. The van der Waals surface area contributed by atoms with Crippen molar-refractivity contribution >= 4 is 17.2 Å². The van der Waals surface area contributed by atoms with Crippen LogP contribution in [0.2, 0.25) is 0 Å². The van der Waals surface area contributed by atoms with E-state index in [1.165, 1.54) is 6.33 Å². The van der Waals surface area contributed by atoms with Crippen LogP contribution in [0.15, 0.2) is 24.5 Å². The van der Waals surface area contributed by atoms with Gasteiger partial charge >= 0.3 is 0 Å². The highest BCUT2D eigenvalue weighted by atomic mass is 19.1. The van der Waals surface area contributed by atoms with Gasteiger partial charge < -0.3 is 15.8 Å². The van der Waals surface area contributed by atoms with Crippen LogP contribution in [0.4, 0.5) is 26.0 Å². The first-order valence-corrected chi connectivity index (χ1v) is 6.07. The lowest BCUT2D eigenvalue weighted by Gasteiger charge is -2.12. The van der Waals surface area contributed by atoms with Crippen LogP contribution < -0.4 is 15.8 Å². The predicted molar refractivity (Wildman–Crippen MR) is 71.9 cm³/mol. The molecule has 0 radical (unpaired) electrons. The predicted octanol–water partition coefficient (Wildman–Crippen LogP) is 2.87. The van der Waals surface area contributed by atoms with E-state index < -0.39 is 11.6 Å². The van der Waals surface area contributed by atoms with Crippen molar-refractivity contribution in [2.24, 2.45) is 0 Å². The van der Waals surface area contributed by atoms with Gasteiger partial charge in [0.15, 0.2) is 5.82 Å². The van der Waals surface area contributed by atoms with E-state index in [-0.39, 0.29) is 23.1 Å². The second kappa shape index (κ2) is 6.14. The van der Waals surface area contributed by atoms with Gasteiger partial charge in [-0.05, 0) is 18.6 Å². The number of hydrogen-bond acceptors (Lipinski definition) is 5. The molecule has 0 fully saturated rings. The molecule has 1 heterocycles. The second-order valence-corrected chi connectivity index (χ2v) is 4.04. The lowest BCUT2D eigenvalue weighted by atomic mass is 10.3. The molecule has 20 heavy (non-hydrogen) atoms. The summed E-state index contributed by atoms with van der Waals surface area (Å²) in [5.74, 6) is -0.804. The molecule has 106 valence electrons. The molecule has 3 N–H and O–H groups in total. The minimum Gasteiger partial charge on any atom is -0.476 e. The van der Waals surface area contributed by atoms with E-state index in [0.717, 1.165) is 24.6 Å². The van der Waals surface area contributed by atoms with Crippen LogP contribution >= 0.6 is 0 Å². The summed E-state index contributed by atoms with van der Waals surface area (Å²) >= 11 is 0. The molecule has 0 aliphatic heterocycles. The van der Waals surface area contributed by atoms with Crippen molar-refractivity contribution in [3.63, 3.8) is 0 Å². The normalized spacial score (nSPS) is 10.3. The summed E-state index contributed by atoms with van der Waals surface area (Å²) in [6.07, 6.45) is 2.03. The van der Waals surface area contributed by atoms with Crippen LogP contribution in [0.25, 0.3) is 0 Å². The molecule has 0 spiro atoms. The number of nitrogen functional groups attached to an aromatic ring is 1. The number of aromatic nitrogens is 2. The van der Waals surface area contributed by atoms with Gasteiger partial charge in [0, 0.05) is 6.07 Å². The number of nitrogens with two attached hydrogens (primary N) is 1. The highest BCUT2D eigenvalue weighted by molar-refractivity contribution is 5.72. The van der Waals surface area contributed by atoms with E-state index >= 15 is 0 Å². The molecule has 2 rings (SSSR count). The number of nitrogens with one attached hydrogen (secondary N) is 1. The molecule has 0 aliphatic rings. The van der Waals surface area contributed by atoms with E-state index in [4.69, 9.17) is 10.5 Å². The first-order valence-electron chi connectivity index (χ1n) is 6.07. The molecule has 0 unspecified atom stereocenters. The average Bonchev–Trinajstić information content (AvgIpc) is 2.44. The third kappa shape index (κ3) is 3.11. The average molecular weight is 280 g/mol. The number of anilines is 3. The first-order chi connectivity index (χ1) is 9.61. The first kappa shape index (κ1) is 14.0. The Balaban J connectivity index is 2.27. The Kier molecular flexibility index (Phi) is 4.29. The number of nitrogens with zero attached hydrogens (tertiary/aromatic N) is 2. The standard InChI is InChI=1S/C13H14F2N4O/c1-2-5-20-13-11(16)12(17-7-18-13)19-10-6-8(14)3-4-9(10)15/h3-4,6-7H,2,5,16H2,1H3,(H,17,18,19). The van der Waals surface area contributed by atoms with Crippen molar-refractivity contribution in [1.29, 1.82) is 0 Å². The molecular formula is C13H14F2N4O. The van der Waals surface area contributed by atoms with Crippen LogP contribution in [0, 0.1) is 11.6 Å². The Bertz CT molecular complexity index is 607. The van der Waals surface area contributed by atoms with Crippen LogP contribution in [0.5, 0.6) is 5.88 Å². The zero-order chi connectivity index (χ0) is 14.5. The molecule has 7 heteroatoms. The third-order valence-electron chi connectivity index (χ3n) is 2.47. The van der Waals surface area contributed by atoms with Gasteiger partial charge in [0.2, 0.25) is 5.88 Å². The molecule has 0 saturated carbocycles. The SMILES string of the molecule is CCCOc1ncnc(Nc2cc(F)ccc2F)c1N. The van der Waals surface area contributed by atoms with Crippen molar-refractivity contribution in [1.82, 2.24) is 9.97 Å². The molecule has 0 bridgehead atoms. The highest BCUT2D eigenvalue weighted by Crippen LogP contribution is 2.28. The molecule has 1 aromatic heterocycles. The summed E-state index contributed by atoms with van der Waals surface area (Å²) in [5.41, 5.74) is 5.92. The summed E-state index contributed by atoms with van der Waals surface area (Å²) < 4.78 is 32.0. The molecule has 2 aromatic rings. The Morgan fingerprint density at radius 2 is 2.10 bits per heavy atom. The van der Waals surface area contributed by atoms with Crippen LogP contribution in [0.1, 0.15) is 13.3 Å². The Hall–Kier alpha value is -2.44. The molecule has 1 aromatic carbocycles. The summed E-state index contributed by atoms with van der Waals surface area (Å²) in [4.78, 5) is 7.79. The molecular weight excluding hydrogens is 266 g/mol. The zero-order valence-electron chi connectivity index (χ0n) is 10.9. The van der Waals surface area contributed by atoms with Gasteiger partial charge in [-0.2, -0.15) is 4.98 Å². The van der Waals surface area contributed by atoms with E-state index in [1.54, 1.807) is 0 Å². The number of hydrogen-bond donors (Lipinski definition) is 2. The fraction of sp³-hybridized carbons (Fsp3) is 0.231. The van der Waals surface area contributed by atoms with Crippen molar-refractivity contribution in [3.05, 3.63) is 36.2 Å². The summed E-state index contributed by atoms with van der Waals surface area (Å²) in [7, 11) is 0. The van der Waals surface area contributed by atoms with Crippen molar-refractivity contribution < 1.29 is 13.5 Å². The maximum absolute atomic E-state index is 13.5. The van der Waals surface area contributed by atoms with Gasteiger partial charge in [-0.1, -0.05) is 6.92 Å². The van der Waals surface area contributed by atoms with E-state index in [2.05, 4.69) is 15.3 Å². The minimum absolute atomic E-state index is 0.0585. The fourth-order valence-corrected chi connectivity index (χ4v) is 1.51. The summed E-state index contributed by atoms with van der Waals surface area (Å²) in [6, 6.07) is 3.06. The van der Waals surface area contributed by atoms with Gasteiger partial charge in [0.1, 0.15) is 23.6 Å². The zero-order valence-corrected chi connectivity index (χ0v) is 10.9. The van der Waals surface area contributed by atoms with Gasteiger partial charge in [-0.25, -0.2) is 13.8 Å². The van der Waals surface area contributed by atoms with Gasteiger partial charge in [0.05, 0.1) is 12.3 Å². The maximum atomic E-state index is 13.5. The summed E-state index contributed by atoms with van der Waals surface area (Å²) in [5, 5.41) is 2.63. The Morgan fingerprint density at radius 1 is 1.30 bits per heavy atom. The lowest BCUT2D eigenvalue weighted by Crippen LogP contribution is -2.06. The van der Waals surface area contributed by atoms with Crippen LogP contribution in [-0.2, 0) is 0 Å². The molecule has 0 aliphatic carbocycles. The monoisotopic (exact) mass is 280 g/mol. The fourth-order valence-electron chi connectivity index (χ4n) is 1.51. The molecule has 0 saturated heterocycles. The molecule has 5 nitrogen and oxygen atoms in total. The molecule has 0 atom stereocenters. The van der Waals surface area contributed by atoms with Gasteiger partial charge in [-0.15, -0.1) is 0 Å². The Morgan fingerprint density at radius 3 is 2.85 bits per heavy atom. The number of halogens is 2. The van der Waals surface area contributed by atoms with Crippen LogP contribution in [-0.4, -0.2) is 16.6 Å². The maximum Gasteiger partial charge on any atom is 0.242 e. The molecule has 0 amide bonds. The number of ether oxygens (including phenoxy) is 1. The smallest absolute Gasteiger partial charge is 0.242 e. The van der Waals surface area contributed by atoms with Gasteiger partial charge in [-0.3, -0.25) is 0 Å². The quantitative estimate of drug-likeness (QED) is 0.881. The second-order valence-electron chi connectivity index (χ2n) is 4.04. The lowest BCUT2D eigenvalue weighted by molar-refractivity contribution is 0.307. The van der Waals surface area contributed by atoms with E-state index in [9.17, 15) is 8.78 Å². The van der Waals surface area contributed by atoms with E-state index in [1.807, 2.05) is 6.92 Å². The summed E-state index contributed by atoms with van der Waals surface area (Å²) in [6.45, 7) is 2.40. The van der Waals surface area contributed by atoms with Crippen molar-refractivity contribution in [2.75, 3.05) is 17.7 Å². The van der Waals surface area contributed by atoms with Crippen molar-refractivity contribution in [2.45, 2.75) is 13.3 Å². The Labute approximate surface area is 114 Å². The van der Waals surface area contributed by atoms with Gasteiger partial charge in [0.25, 0.3) is 0 Å². The van der Waals surface area contributed by atoms with E-state index in [0.29, 0.717) is 6.61 Å². The third-order valence-corrected chi connectivity index (χ3v) is 2.47. The number of benzene rings is 1. The van der Waals surface area contributed by atoms with Crippen LogP contribution in [0.3, 0.4) is 0 Å².